The minimum absolute atomic E-state index is 0.0642. The number of rotatable bonds is 2. The number of aryl methyl sites for hydroxylation is 1. The Bertz CT molecular complexity index is 480. The number of furan rings is 1. The predicted octanol–water partition coefficient (Wildman–Crippen LogP) is 3.33. The van der Waals surface area contributed by atoms with Gasteiger partial charge >= 0.3 is 0 Å². The number of hydrogen-bond donors (Lipinski definition) is 0. The summed E-state index contributed by atoms with van der Waals surface area (Å²) in [6.07, 6.45) is 0.483. The van der Waals surface area contributed by atoms with E-state index in [0.717, 1.165) is 16.5 Å². The average molecular weight is 188 g/mol. The zero-order valence-electron chi connectivity index (χ0n) is 8.33. The Kier molecular flexibility index (Phi) is 2.12. The fourth-order valence-electron chi connectivity index (χ4n) is 1.62. The number of carbonyl (C=O) groups excluding carboxylic acids is 1. The van der Waals surface area contributed by atoms with Crippen LogP contribution in [0.4, 0.5) is 0 Å². The Morgan fingerprint density at radius 3 is 2.57 bits per heavy atom. The van der Waals surface area contributed by atoms with E-state index < -0.39 is 0 Å². The zero-order valence-corrected chi connectivity index (χ0v) is 8.33. The van der Waals surface area contributed by atoms with Crippen molar-refractivity contribution in [3.63, 3.8) is 0 Å². The second-order valence-electron chi connectivity index (χ2n) is 3.31. The van der Waals surface area contributed by atoms with Crippen LogP contribution in [0.3, 0.4) is 0 Å². The van der Waals surface area contributed by atoms with Gasteiger partial charge in [-0.2, -0.15) is 0 Å². The van der Waals surface area contributed by atoms with Crippen molar-refractivity contribution < 1.29 is 9.21 Å². The fraction of sp³-hybridized carbons (Fsp3) is 0.250. The first kappa shape index (κ1) is 9.00. The van der Waals surface area contributed by atoms with Crippen LogP contribution in [0.5, 0.6) is 0 Å². The summed E-state index contributed by atoms with van der Waals surface area (Å²) in [5, 5.41) is 1.96. The van der Waals surface area contributed by atoms with Crippen molar-refractivity contribution >= 4 is 16.6 Å². The molecule has 2 aromatic rings. The van der Waals surface area contributed by atoms with Crippen molar-refractivity contribution in [1.29, 1.82) is 0 Å². The van der Waals surface area contributed by atoms with Crippen molar-refractivity contribution in [2.45, 2.75) is 20.3 Å². The van der Waals surface area contributed by atoms with Crippen LogP contribution in [0.1, 0.15) is 29.7 Å². The molecule has 0 spiro atoms. The molecule has 0 aliphatic carbocycles. The first-order valence-electron chi connectivity index (χ1n) is 4.75. The molecule has 1 aromatic carbocycles. The molecule has 0 aliphatic heterocycles. The molecule has 0 bridgehead atoms. The van der Waals surface area contributed by atoms with E-state index in [2.05, 4.69) is 0 Å². The molecule has 0 aliphatic rings. The summed E-state index contributed by atoms with van der Waals surface area (Å²) in [6.45, 7) is 3.73. The molecule has 2 heteroatoms. The maximum Gasteiger partial charge on any atom is 0.198 e. The molecule has 2 rings (SSSR count). The highest BCUT2D eigenvalue weighted by Crippen LogP contribution is 2.25. The molecule has 0 unspecified atom stereocenters. The molecule has 72 valence electrons. The molecule has 0 radical (unpaired) electrons. The molecule has 1 aromatic heterocycles. The van der Waals surface area contributed by atoms with Crippen LogP contribution in [-0.2, 0) is 0 Å². The number of Topliss-reactive ketones (excluding diaryl/α,β-unsaturated/α-hetero) is 1. The Labute approximate surface area is 82.5 Å². The topological polar surface area (TPSA) is 30.2 Å². The molecule has 0 fully saturated rings. The summed E-state index contributed by atoms with van der Waals surface area (Å²) in [7, 11) is 0. The predicted molar refractivity (Wildman–Crippen MR) is 55.6 cm³/mol. The van der Waals surface area contributed by atoms with E-state index in [4.69, 9.17) is 4.42 Å². The highest BCUT2D eigenvalue weighted by atomic mass is 16.3. The maximum absolute atomic E-state index is 11.5. The van der Waals surface area contributed by atoms with Gasteiger partial charge < -0.3 is 4.42 Å². The number of ketones is 1. The normalized spacial score (nSPS) is 10.7. The van der Waals surface area contributed by atoms with Crippen molar-refractivity contribution in [2.75, 3.05) is 0 Å². The van der Waals surface area contributed by atoms with E-state index in [1.54, 1.807) is 0 Å². The monoisotopic (exact) mass is 188 g/mol. The van der Waals surface area contributed by atoms with Crippen LogP contribution in [0, 0.1) is 6.92 Å². The number of carbonyl (C=O) groups is 1. The Hall–Kier alpha value is -1.57. The third-order valence-corrected chi connectivity index (χ3v) is 2.38. The molecular weight excluding hydrogens is 176 g/mol. The summed E-state index contributed by atoms with van der Waals surface area (Å²) in [5.74, 6) is 1.38. The molecular formula is C12H12O2. The quantitative estimate of drug-likeness (QED) is 0.676. The zero-order chi connectivity index (χ0) is 10.1. The second-order valence-corrected chi connectivity index (χ2v) is 3.31. The van der Waals surface area contributed by atoms with E-state index in [1.165, 1.54) is 0 Å². The maximum atomic E-state index is 11.5. The third kappa shape index (κ3) is 1.23. The highest BCUT2D eigenvalue weighted by Gasteiger charge is 2.14. The third-order valence-electron chi connectivity index (χ3n) is 2.38. The van der Waals surface area contributed by atoms with Crippen LogP contribution in [0.25, 0.3) is 10.8 Å². The molecule has 0 saturated heterocycles. The van der Waals surface area contributed by atoms with Crippen LogP contribution in [0.15, 0.2) is 28.7 Å². The van der Waals surface area contributed by atoms with E-state index in [9.17, 15) is 4.79 Å². The van der Waals surface area contributed by atoms with Gasteiger partial charge in [-0.05, 0) is 6.92 Å². The standard InChI is InChI=1S/C12H12O2/c1-3-11(13)12-10-7-5-4-6-9(10)8(2)14-12/h4-7H,3H2,1-2H3. The minimum atomic E-state index is 0.0642. The molecule has 0 amide bonds. The molecule has 0 saturated carbocycles. The van der Waals surface area contributed by atoms with Crippen molar-refractivity contribution in [1.82, 2.24) is 0 Å². The molecule has 1 heterocycles. The summed E-state index contributed by atoms with van der Waals surface area (Å²) >= 11 is 0. The molecule has 0 N–H and O–H groups in total. The average Bonchev–Trinajstić information content (AvgIpc) is 2.56. The van der Waals surface area contributed by atoms with Gasteiger partial charge in [-0.3, -0.25) is 4.79 Å². The lowest BCUT2D eigenvalue weighted by molar-refractivity contribution is 0.0962. The van der Waals surface area contributed by atoms with Crippen LogP contribution < -0.4 is 0 Å². The van der Waals surface area contributed by atoms with E-state index in [0.29, 0.717) is 12.2 Å². The van der Waals surface area contributed by atoms with Gasteiger partial charge in [-0.25, -0.2) is 0 Å². The number of fused-ring (bicyclic) bond motifs is 1. The first-order valence-corrected chi connectivity index (χ1v) is 4.75. The first-order chi connectivity index (χ1) is 6.74. The van der Waals surface area contributed by atoms with Gasteiger partial charge in [-0.15, -0.1) is 0 Å². The Balaban J connectivity index is 2.72. The largest absolute Gasteiger partial charge is 0.457 e. The number of benzene rings is 1. The SMILES string of the molecule is CCC(=O)c1oc(C)c2ccccc12. The smallest absolute Gasteiger partial charge is 0.198 e. The molecule has 14 heavy (non-hydrogen) atoms. The van der Waals surface area contributed by atoms with Gasteiger partial charge in [0, 0.05) is 17.2 Å². The second kappa shape index (κ2) is 3.29. The van der Waals surface area contributed by atoms with Crippen molar-refractivity contribution in [3.8, 4) is 0 Å². The van der Waals surface area contributed by atoms with Gasteiger partial charge in [-0.1, -0.05) is 31.2 Å². The Morgan fingerprint density at radius 2 is 1.93 bits per heavy atom. The van der Waals surface area contributed by atoms with Gasteiger partial charge in [0.25, 0.3) is 0 Å². The van der Waals surface area contributed by atoms with Crippen LogP contribution >= 0.6 is 0 Å². The van der Waals surface area contributed by atoms with E-state index in [1.807, 2.05) is 38.1 Å². The minimum Gasteiger partial charge on any atom is -0.457 e. The van der Waals surface area contributed by atoms with E-state index >= 15 is 0 Å². The summed E-state index contributed by atoms with van der Waals surface area (Å²) in [4.78, 5) is 11.5. The molecule has 2 nitrogen and oxygen atoms in total. The van der Waals surface area contributed by atoms with Crippen LogP contribution in [0.2, 0.25) is 0 Å². The fourth-order valence-corrected chi connectivity index (χ4v) is 1.62. The van der Waals surface area contributed by atoms with Gasteiger partial charge in [0.1, 0.15) is 5.76 Å². The lowest BCUT2D eigenvalue weighted by atomic mass is 10.1. The lowest BCUT2D eigenvalue weighted by Crippen LogP contribution is -1.93. The number of hydrogen-bond acceptors (Lipinski definition) is 2. The Morgan fingerprint density at radius 1 is 1.29 bits per heavy atom. The van der Waals surface area contributed by atoms with E-state index in [-0.39, 0.29) is 5.78 Å². The van der Waals surface area contributed by atoms with Gasteiger partial charge in [0.05, 0.1) is 0 Å². The summed E-state index contributed by atoms with van der Waals surface area (Å²) in [5.41, 5.74) is 0. The highest BCUT2D eigenvalue weighted by molar-refractivity contribution is 6.06. The van der Waals surface area contributed by atoms with Crippen LogP contribution in [-0.4, -0.2) is 5.78 Å². The van der Waals surface area contributed by atoms with Crippen molar-refractivity contribution in [3.05, 3.63) is 35.8 Å². The van der Waals surface area contributed by atoms with Gasteiger partial charge in [0.15, 0.2) is 11.5 Å². The summed E-state index contributed by atoms with van der Waals surface area (Å²) < 4.78 is 5.47. The summed E-state index contributed by atoms with van der Waals surface area (Å²) in [6, 6.07) is 7.77. The molecule has 0 atom stereocenters. The van der Waals surface area contributed by atoms with Crippen molar-refractivity contribution in [2.24, 2.45) is 0 Å². The lowest BCUT2D eigenvalue weighted by Gasteiger charge is -1.91. The van der Waals surface area contributed by atoms with Gasteiger partial charge in [0.2, 0.25) is 0 Å².